The molecule has 0 spiro atoms. The van der Waals surface area contributed by atoms with Crippen LogP contribution in [0.1, 0.15) is 0 Å². The van der Waals surface area contributed by atoms with E-state index in [0.717, 1.165) is 4.55 Å². The van der Waals surface area contributed by atoms with Crippen molar-refractivity contribution in [3.8, 4) is 5.75 Å². The summed E-state index contributed by atoms with van der Waals surface area (Å²) in [6, 6.07) is 4.05. The molecule has 16 heavy (non-hydrogen) atoms. The molecule has 0 unspecified atom stereocenters. The van der Waals surface area contributed by atoms with Crippen LogP contribution in [-0.2, 0) is 0 Å². The van der Waals surface area contributed by atoms with Gasteiger partial charge in [-0.1, -0.05) is 0 Å². The van der Waals surface area contributed by atoms with Crippen LogP contribution in [0.15, 0.2) is 18.2 Å². The molecule has 0 atom stereocenters. The number of rotatable bonds is 3. The SMILES string of the molecule is O=C(Cl)Oc1ccc([N+](=O)[O-])cc1N1C[I-]1. The zero-order valence-corrected chi connectivity index (χ0v) is 10.6. The molecule has 0 N–H and O–H groups in total. The fourth-order valence-electron chi connectivity index (χ4n) is 1.14. The van der Waals surface area contributed by atoms with Gasteiger partial charge in [0, 0.05) is 0 Å². The zero-order chi connectivity index (χ0) is 11.7. The van der Waals surface area contributed by atoms with Gasteiger partial charge < -0.3 is 0 Å². The first kappa shape index (κ1) is 11.4. The number of alkyl halides is 1. The Morgan fingerprint density at radius 3 is 2.81 bits per heavy atom. The molecule has 0 amide bonds. The topological polar surface area (TPSA) is 72.5 Å². The second-order valence-corrected chi connectivity index (χ2v) is 5.69. The van der Waals surface area contributed by atoms with Crippen molar-refractivity contribution in [2.45, 2.75) is 0 Å². The van der Waals surface area contributed by atoms with Crippen LogP contribution in [-0.4, -0.2) is 14.9 Å². The summed E-state index contributed by atoms with van der Waals surface area (Å²) in [5, 5.41) is 10.6. The summed E-state index contributed by atoms with van der Waals surface area (Å²) in [4.78, 5) is 20.7. The van der Waals surface area contributed by atoms with Gasteiger partial charge in [0.15, 0.2) is 0 Å². The average molecular weight is 355 g/mol. The summed E-state index contributed by atoms with van der Waals surface area (Å²) in [5.41, 5.74) is -0.411. The van der Waals surface area contributed by atoms with E-state index in [9.17, 15) is 14.9 Å². The fourth-order valence-corrected chi connectivity index (χ4v) is 2.48. The summed E-state index contributed by atoms with van der Waals surface area (Å²) in [6.07, 6.45) is 0. The molecule has 0 radical (unpaired) electrons. The molecule has 1 aromatic rings. The van der Waals surface area contributed by atoms with Crippen LogP contribution >= 0.6 is 11.6 Å². The van der Waals surface area contributed by atoms with Crippen LogP contribution in [0.5, 0.6) is 5.75 Å². The molecular formula is C8H5ClIN2O4-. The Labute approximate surface area is 106 Å². The van der Waals surface area contributed by atoms with Crippen molar-refractivity contribution in [2.75, 3.05) is 7.66 Å². The number of halogens is 2. The first-order chi connectivity index (χ1) is 7.58. The summed E-state index contributed by atoms with van der Waals surface area (Å²) in [7, 11) is 0. The van der Waals surface area contributed by atoms with E-state index in [-0.39, 0.29) is 32.9 Å². The van der Waals surface area contributed by atoms with Crippen molar-refractivity contribution >= 4 is 28.4 Å². The van der Waals surface area contributed by atoms with Gasteiger partial charge in [-0.25, -0.2) is 0 Å². The third-order valence-corrected chi connectivity index (χ3v) is 3.81. The Morgan fingerprint density at radius 1 is 1.62 bits per heavy atom. The quantitative estimate of drug-likeness (QED) is 0.103. The van der Waals surface area contributed by atoms with Crippen LogP contribution < -0.4 is 29.3 Å². The number of carbonyl (C=O) groups is 1. The molecule has 8 heteroatoms. The summed E-state index contributed by atoms with van der Waals surface area (Å²) < 4.78 is 7.60. The molecule has 1 aliphatic heterocycles. The number of ether oxygens (including phenoxy) is 1. The first-order valence-electron chi connectivity index (χ1n) is 4.10. The maximum absolute atomic E-state index is 10.6. The minimum atomic E-state index is -0.949. The van der Waals surface area contributed by atoms with Crippen molar-refractivity contribution in [1.29, 1.82) is 0 Å². The molecule has 0 aliphatic carbocycles. The number of hydrogen-bond acceptors (Lipinski definition) is 5. The van der Waals surface area contributed by atoms with E-state index in [4.69, 9.17) is 16.3 Å². The number of nitrogens with zero attached hydrogens (tertiary/aromatic N) is 2. The molecule has 1 fully saturated rings. The van der Waals surface area contributed by atoms with Crippen LogP contribution in [0.4, 0.5) is 16.2 Å². The Bertz CT molecular complexity index is 463. The minimum absolute atomic E-state index is 0.0275. The van der Waals surface area contributed by atoms with Gasteiger partial charge in [0.2, 0.25) is 0 Å². The Morgan fingerprint density at radius 2 is 2.31 bits per heavy atom. The van der Waals surface area contributed by atoms with Crippen LogP contribution in [0.3, 0.4) is 0 Å². The normalized spacial score (nSPS) is 13.9. The van der Waals surface area contributed by atoms with Crippen molar-refractivity contribution < 1.29 is 35.9 Å². The molecule has 1 aromatic carbocycles. The summed E-state index contributed by atoms with van der Waals surface area (Å²) in [6.45, 7) is 0. The van der Waals surface area contributed by atoms with E-state index < -0.39 is 10.4 Å². The number of non-ortho nitro benzene ring substituents is 1. The van der Waals surface area contributed by atoms with Crippen molar-refractivity contribution in [3.05, 3.63) is 28.3 Å². The van der Waals surface area contributed by atoms with Crippen LogP contribution in [0, 0.1) is 10.1 Å². The molecule has 1 saturated heterocycles. The fraction of sp³-hybridized carbons (Fsp3) is 0.125. The monoisotopic (exact) mass is 355 g/mol. The third-order valence-electron chi connectivity index (χ3n) is 1.84. The number of nitro groups is 1. The van der Waals surface area contributed by atoms with Crippen molar-refractivity contribution in [1.82, 2.24) is 0 Å². The Hall–Kier alpha value is -1.09. The van der Waals surface area contributed by atoms with E-state index in [1.807, 2.05) is 3.11 Å². The number of anilines is 1. The van der Waals surface area contributed by atoms with E-state index in [0.29, 0.717) is 5.69 Å². The van der Waals surface area contributed by atoms with E-state index in [2.05, 4.69) is 0 Å². The standard InChI is InChI=1S/C8H5ClIN2O4/c9-8(13)16-7-2-1-5(12(14)15)3-6(7)11-4-10-11/h1-3H,4H2/q-1. The number of carbonyl (C=O) groups excluding carboxylic acids is 1. The van der Waals surface area contributed by atoms with Gasteiger partial charge in [0.25, 0.3) is 0 Å². The zero-order valence-electron chi connectivity index (χ0n) is 7.72. The van der Waals surface area contributed by atoms with Gasteiger partial charge in [0.05, 0.1) is 0 Å². The number of hydrogen-bond donors (Lipinski definition) is 0. The van der Waals surface area contributed by atoms with Crippen LogP contribution in [0.25, 0.3) is 0 Å². The van der Waals surface area contributed by atoms with Crippen molar-refractivity contribution in [3.63, 3.8) is 0 Å². The predicted octanol–water partition coefficient (Wildman–Crippen LogP) is -0.886. The van der Waals surface area contributed by atoms with Crippen LogP contribution in [0.2, 0.25) is 0 Å². The van der Waals surface area contributed by atoms with Gasteiger partial charge in [0.1, 0.15) is 0 Å². The van der Waals surface area contributed by atoms with Crippen molar-refractivity contribution in [2.24, 2.45) is 0 Å². The molecule has 1 aliphatic rings. The molecular weight excluding hydrogens is 350 g/mol. The van der Waals surface area contributed by atoms with Gasteiger partial charge >= 0.3 is 106 Å². The molecule has 6 nitrogen and oxygen atoms in total. The predicted molar refractivity (Wildman–Crippen MR) is 52.3 cm³/mol. The molecule has 86 valence electrons. The number of nitro benzene ring substituents is 1. The van der Waals surface area contributed by atoms with Gasteiger partial charge in [-0.15, -0.1) is 0 Å². The average Bonchev–Trinajstić information content (AvgIpc) is 3.00. The molecule has 0 bridgehead atoms. The summed E-state index contributed by atoms with van der Waals surface area (Å²) >= 11 is 5.00. The van der Waals surface area contributed by atoms with E-state index >= 15 is 0 Å². The second kappa shape index (κ2) is 4.42. The van der Waals surface area contributed by atoms with E-state index in [1.54, 1.807) is 0 Å². The molecule has 2 rings (SSSR count). The van der Waals surface area contributed by atoms with Gasteiger partial charge in [-0.3, -0.25) is 0 Å². The van der Waals surface area contributed by atoms with Gasteiger partial charge in [-0.05, 0) is 0 Å². The Kier molecular flexibility index (Phi) is 3.15. The number of benzene rings is 1. The molecule has 1 heterocycles. The third kappa shape index (κ3) is 2.53. The second-order valence-electron chi connectivity index (χ2n) is 2.85. The van der Waals surface area contributed by atoms with E-state index in [1.165, 1.54) is 18.2 Å². The van der Waals surface area contributed by atoms with Gasteiger partial charge in [-0.2, -0.15) is 0 Å². The first-order valence-corrected chi connectivity index (χ1v) is 6.97. The summed E-state index contributed by atoms with van der Waals surface area (Å²) in [5.74, 6) is 0.266. The molecule has 0 saturated carbocycles. The Balaban J connectivity index is 2.37. The maximum atomic E-state index is 10.6. The molecule has 0 aromatic heterocycles.